The maximum absolute atomic E-state index is 4.10. The van der Waals surface area contributed by atoms with E-state index in [1.807, 2.05) is 26.2 Å². The molecular formula is C9H10N4S. The molecule has 0 aliphatic carbocycles. The molecule has 2 heterocycles. The summed E-state index contributed by atoms with van der Waals surface area (Å²) in [5.41, 5.74) is 2.21. The Morgan fingerprint density at radius 3 is 2.86 bits per heavy atom. The molecule has 0 saturated heterocycles. The van der Waals surface area contributed by atoms with E-state index in [0.717, 1.165) is 21.3 Å². The number of rotatable bonds is 2. The lowest BCUT2D eigenvalue weighted by atomic mass is 10.2. The molecule has 0 radical (unpaired) electrons. The average Bonchev–Trinajstić information content (AvgIpc) is 2.67. The lowest BCUT2D eigenvalue weighted by Gasteiger charge is -1.98. The van der Waals surface area contributed by atoms with Crippen LogP contribution in [-0.4, -0.2) is 22.2 Å². The molecule has 1 N–H and O–H groups in total. The van der Waals surface area contributed by atoms with Crippen LogP contribution in [0.4, 0.5) is 5.13 Å². The Bertz CT molecular complexity index is 438. The Morgan fingerprint density at radius 1 is 1.36 bits per heavy atom. The highest BCUT2D eigenvalue weighted by atomic mass is 32.1. The van der Waals surface area contributed by atoms with Crippen LogP contribution in [0.25, 0.3) is 10.6 Å². The summed E-state index contributed by atoms with van der Waals surface area (Å²) in [6.45, 7) is 2.02. The van der Waals surface area contributed by atoms with Gasteiger partial charge in [0.15, 0.2) is 0 Å². The predicted molar refractivity (Wildman–Crippen MR) is 57.4 cm³/mol. The molecule has 0 aliphatic heterocycles. The smallest absolute Gasteiger partial charge is 0.205 e. The Labute approximate surface area is 86.0 Å². The predicted octanol–water partition coefficient (Wildman–Crippen LogP) is 1.95. The Balaban J connectivity index is 2.44. The summed E-state index contributed by atoms with van der Waals surface area (Å²) < 4.78 is 0. The van der Waals surface area contributed by atoms with Gasteiger partial charge in [0, 0.05) is 25.0 Å². The van der Waals surface area contributed by atoms with Gasteiger partial charge < -0.3 is 5.32 Å². The van der Waals surface area contributed by atoms with Crippen LogP contribution in [0.15, 0.2) is 18.5 Å². The zero-order valence-electron chi connectivity index (χ0n) is 7.98. The zero-order chi connectivity index (χ0) is 9.97. The number of aromatic nitrogens is 3. The van der Waals surface area contributed by atoms with Gasteiger partial charge in [-0.15, -0.1) is 10.2 Å². The molecule has 0 fully saturated rings. The molecule has 2 rings (SSSR count). The second-order valence-corrected chi connectivity index (χ2v) is 3.83. The van der Waals surface area contributed by atoms with Crippen LogP contribution in [0.1, 0.15) is 5.56 Å². The Morgan fingerprint density at radius 2 is 2.21 bits per heavy atom. The van der Waals surface area contributed by atoms with Gasteiger partial charge in [-0.25, -0.2) is 0 Å². The van der Waals surface area contributed by atoms with Crippen LogP contribution < -0.4 is 5.32 Å². The SMILES string of the molecule is CNc1nnc(-c2ccncc2C)s1. The summed E-state index contributed by atoms with van der Waals surface area (Å²) in [4.78, 5) is 4.04. The van der Waals surface area contributed by atoms with Gasteiger partial charge in [-0.1, -0.05) is 11.3 Å². The fraction of sp³-hybridized carbons (Fsp3) is 0.222. The van der Waals surface area contributed by atoms with E-state index in [1.165, 1.54) is 11.3 Å². The molecule has 0 atom stereocenters. The van der Waals surface area contributed by atoms with Crippen molar-refractivity contribution in [2.24, 2.45) is 0 Å². The van der Waals surface area contributed by atoms with Gasteiger partial charge in [0.2, 0.25) is 5.13 Å². The van der Waals surface area contributed by atoms with Crippen molar-refractivity contribution >= 4 is 16.5 Å². The maximum atomic E-state index is 4.10. The zero-order valence-corrected chi connectivity index (χ0v) is 8.80. The third-order valence-corrected chi connectivity index (χ3v) is 2.86. The van der Waals surface area contributed by atoms with Crippen molar-refractivity contribution < 1.29 is 0 Å². The molecule has 0 saturated carbocycles. The van der Waals surface area contributed by atoms with E-state index in [4.69, 9.17) is 0 Å². The molecule has 0 amide bonds. The Hall–Kier alpha value is -1.49. The minimum absolute atomic E-state index is 0.830. The van der Waals surface area contributed by atoms with Crippen molar-refractivity contribution in [1.82, 2.24) is 15.2 Å². The molecule has 0 aromatic carbocycles. The monoisotopic (exact) mass is 206 g/mol. The number of hydrogen-bond donors (Lipinski definition) is 1. The standard InChI is InChI=1S/C9H10N4S/c1-6-5-11-4-3-7(6)8-12-13-9(10-2)14-8/h3-5H,1-2H3,(H,10,13). The third kappa shape index (κ3) is 1.58. The van der Waals surface area contributed by atoms with Gasteiger partial charge in [-0.2, -0.15) is 0 Å². The average molecular weight is 206 g/mol. The molecule has 5 heteroatoms. The first-order valence-corrected chi connectivity index (χ1v) is 5.05. The van der Waals surface area contributed by atoms with E-state index in [1.54, 1.807) is 6.20 Å². The fourth-order valence-electron chi connectivity index (χ4n) is 1.15. The van der Waals surface area contributed by atoms with Gasteiger partial charge in [0.1, 0.15) is 5.01 Å². The van der Waals surface area contributed by atoms with Gasteiger partial charge in [-0.05, 0) is 18.6 Å². The second-order valence-electron chi connectivity index (χ2n) is 2.85. The molecule has 0 unspecified atom stereocenters. The summed E-state index contributed by atoms with van der Waals surface area (Å²) in [6.07, 6.45) is 3.60. The number of aryl methyl sites for hydroxylation is 1. The highest BCUT2D eigenvalue weighted by Crippen LogP contribution is 2.27. The number of nitrogens with one attached hydrogen (secondary N) is 1. The van der Waals surface area contributed by atoms with E-state index in [0.29, 0.717) is 0 Å². The van der Waals surface area contributed by atoms with E-state index in [-0.39, 0.29) is 0 Å². The molecule has 2 aromatic rings. The molecular weight excluding hydrogens is 196 g/mol. The number of pyridine rings is 1. The summed E-state index contributed by atoms with van der Waals surface area (Å²) >= 11 is 1.54. The molecule has 0 spiro atoms. The Kier molecular flexibility index (Phi) is 2.41. The van der Waals surface area contributed by atoms with Crippen LogP contribution in [0.2, 0.25) is 0 Å². The highest BCUT2D eigenvalue weighted by Gasteiger charge is 2.07. The molecule has 14 heavy (non-hydrogen) atoms. The number of hydrogen-bond acceptors (Lipinski definition) is 5. The van der Waals surface area contributed by atoms with Gasteiger partial charge in [-0.3, -0.25) is 4.98 Å². The molecule has 72 valence electrons. The lowest BCUT2D eigenvalue weighted by molar-refractivity contribution is 1.09. The quantitative estimate of drug-likeness (QED) is 0.816. The first-order chi connectivity index (χ1) is 6.81. The van der Waals surface area contributed by atoms with Crippen LogP contribution in [0.5, 0.6) is 0 Å². The normalized spacial score (nSPS) is 10.1. The number of nitrogens with zero attached hydrogens (tertiary/aromatic N) is 3. The largest absolute Gasteiger partial charge is 0.363 e. The topological polar surface area (TPSA) is 50.7 Å². The maximum Gasteiger partial charge on any atom is 0.205 e. The second kappa shape index (κ2) is 3.71. The van der Waals surface area contributed by atoms with Crippen LogP contribution in [0, 0.1) is 6.92 Å². The van der Waals surface area contributed by atoms with Gasteiger partial charge in [0.05, 0.1) is 0 Å². The van der Waals surface area contributed by atoms with Crippen molar-refractivity contribution in [2.75, 3.05) is 12.4 Å². The number of anilines is 1. The van der Waals surface area contributed by atoms with E-state index in [9.17, 15) is 0 Å². The molecule has 0 aliphatic rings. The van der Waals surface area contributed by atoms with Gasteiger partial charge >= 0.3 is 0 Å². The van der Waals surface area contributed by atoms with Crippen molar-refractivity contribution in [3.05, 3.63) is 24.0 Å². The van der Waals surface area contributed by atoms with Crippen molar-refractivity contribution in [3.63, 3.8) is 0 Å². The van der Waals surface area contributed by atoms with E-state index >= 15 is 0 Å². The van der Waals surface area contributed by atoms with E-state index < -0.39 is 0 Å². The van der Waals surface area contributed by atoms with Crippen LogP contribution in [-0.2, 0) is 0 Å². The van der Waals surface area contributed by atoms with Gasteiger partial charge in [0.25, 0.3) is 0 Å². The third-order valence-electron chi connectivity index (χ3n) is 1.89. The lowest BCUT2D eigenvalue weighted by Crippen LogP contribution is -1.85. The fourth-order valence-corrected chi connectivity index (χ4v) is 1.93. The van der Waals surface area contributed by atoms with E-state index in [2.05, 4.69) is 20.5 Å². The minimum Gasteiger partial charge on any atom is -0.363 e. The van der Waals surface area contributed by atoms with Crippen LogP contribution in [0.3, 0.4) is 0 Å². The molecule has 4 nitrogen and oxygen atoms in total. The summed E-state index contributed by atoms with van der Waals surface area (Å²) in [5, 5.41) is 12.8. The summed E-state index contributed by atoms with van der Waals surface area (Å²) in [6, 6.07) is 1.95. The summed E-state index contributed by atoms with van der Waals surface area (Å²) in [7, 11) is 1.84. The first-order valence-electron chi connectivity index (χ1n) is 4.23. The molecule has 0 bridgehead atoms. The minimum atomic E-state index is 0.830. The van der Waals surface area contributed by atoms with Crippen LogP contribution >= 0.6 is 11.3 Å². The van der Waals surface area contributed by atoms with Crippen molar-refractivity contribution in [2.45, 2.75) is 6.92 Å². The summed E-state index contributed by atoms with van der Waals surface area (Å²) in [5.74, 6) is 0. The first kappa shape index (κ1) is 9.08. The highest BCUT2D eigenvalue weighted by molar-refractivity contribution is 7.18. The molecule has 2 aromatic heterocycles. The van der Waals surface area contributed by atoms with Crippen molar-refractivity contribution in [3.8, 4) is 10.6 Å². The van der Waals surface area contributed by atoms with Crippen molar-refractivity contribution in [1.29, 1.82) is 0 Å².